The minimum absolute atomic E-state index is 0.0198. The van der Waals surface area contributed by atoms with Crippen molar-refractivity contribution in [3.63, 3.8) is 0 Å². The van der Waals surface area contributed by atoms with E-state index in [1.54, 1.807) is 0 Å². The number of carboxylic acids is 1. The lowest BCUT2D eigenvalue weighted by Gasteiger charge is -2.29. The van der Waals surface area contributed by atoms with Gasteiger partial charge in [-0.25, -0.2) is 4.79 Å². The second-order valence-corrected chi connectivity index (χ2v) is 7.29. The normalized spacial score (nSPS) is 17.6. The average Bonchev–Trinajstić information content (AvgIpc) is 2.38. The second kappa shape index (κ2) is 6.21. The van der Waals surface area contributed by atoms with Crippen LogP contribution in [0.5, 0.6) is 0 Å². The van der Waals surface area contributed by atoms with Crippen LogP contribution in [0.3, 0.4) is 0 Å². The van der Waals surface area contributed by atoms with E-state index in [-0.39, 0.29) is 16.3 Å². The Morgan fingerprint density at radius 2 is 2.00 bits per heavy atom. The standard InChI is InChI=1S/C13H17ClN2O4S/c1-9-4-6-16(7-5-9)21(19,20)15-12-8-10(14)2-3-11(12)13(17)18/h2-3,8-9,15H,4-7H2,1H3,(H,17,18). The molecule has 0 amide bonds. The highest BCUT2D eigenvalue weighted by molar-refractivity contribution is 7.90. The summed E-state index contributed by atoms with van der Waals surface area (Å²) in [6.07, 6.45) is 1.59. The first-order chi connectivity index (χ1) is 9.79. The highest BCUT2D eigenvalue weighted by Crippen LogP contribution is 2.25. The van der Waals surface area contributed by atoms with Crippen molar-refractivity contribution in [3.05, 3.63) is 28.8 Å². The fraction of sp³-hybridized carbons (Fsp3) is 0.462. The van der Waals surface area contributed by atoms with E-state index in [1.807, 2.05) is 0 Å². The van der Waals surface area contributed by atoms with Crippen LogP contribution < -0.4 is 4.72 Å². The van der Waals surface area contributed by atoms with Crippen molar-refractivity contribution in [2.75, 3.05) is 17.8 Å². The van der Waals surface area contributed by atoms with Crippen molar-refractivity contribution < 1.29 is 18.3 Å². The Balaban J connectivity index is 2.24. The lowest BCUT2D eigenvalue weighted by Crippen LogP contribution is -2.41. The summed E-state index contributed by atoms with van der Waals surface area (Å²) >= 11 is 5.81. The van der Waals surface area contributed by atoms with Gasteiger partial charge >= 0.3 is 16.2 Å². The summed E-state index contributed by atoms with van der Waals surface area (Å²) in [6, 6.07) is 3.99. The number of anilines is 1. The monoisotopic (exact) mass is 332 g/mol. The van der Waals surface area contributed by atoms with Crippen LogP contribution in [0, 0.1) is 5.92 Å². The number of halogens is 1. The van der Waals surface area contributed by atoms with Crippen LogP contribution in [-0.2, 0) is 10.2 Å². The van der Waals surface area contributed by atoms with Crippen molar-refractivity contribution in [2.24, 2.45) is 5.92 Å². The van der Waals surface area contributed by atoms with E-state index in [9.17, 15) is 13.2 Å². The fourth-order valence-corrected chi connectivity index (χ4v) is 3.66. The van der Waals surface area contributed by atoms with E-state index < -0.39 is 16.2 Å². The van der Waals surface area contributed by atoms with Gasteiger partial charge in [0.1, 0.15) is 0 Å². The highest BCUT2D eigenvalue weighted by atomic mass is 35.5. The minimum atomic E-state index is -3.77. The van der Waals surface area contributed by atoms with Gasteiger partial charge in [-0.2, -0.15) is 12.7 Å². The molecule has 1 heterocycles. The van der Waals surface area contributed by atoms with E-state index >= 15 is 0 Å². The minimum Gasteiger partial charge on any atom is -0.478 e. The molecule has 0 bridgehead atoms. The van der Waals surface area contributed by atoms with Crippen molar-refractivity contribution in [1.82, 2.24) is 4.31 Å². The molecule has 0 aliphatic carbocycles. The highest BCUT2D eigenvalue weighted by Gasteiger charge is 2.27. The van der Waals surface area contributed by atoms with Gasteiger partial charge in [0.25, 0.3) is 0 Å². The third-order valence-electron chi connectivity index (χ3n) is 3.53. The molecule has 1 aromatic carbocycles. The number of carboxylic acid groups (broad SMARTS) is 1. The van der Waals surface area contributed by atoms with Gasteiger partial charge in [-0.05, 0) is 37.0 Å². The number of benzene rings is 1. The number of nitrogens with zero attached hydrogens (tertiary/aromatic N) is 1. The molecule has 21 heavy (non-hydrogen) atoms. The lowest BCUT2D eigenvalue weighted by atomic mass is 10.0. The molecular formula is C13H17ClN2O4S. The van der Waals surface area contributed by atoms with Gasteiger partial charge in [0.2, 0.25) is 0 Å². The van der Waals surface area contributed by atoms with Crippen molar-refractivity contribution in [3.8, 4) is 0 Å². The maximum Gasteiger partial charge on any atom is 0.337 e. The lowest BCUT2D eigenvalue weighted by molar-refractivity contribution is 0.0698. The zero-order valence-electron chi connectivity index (χ0n) is 11.5. The zero-order chi connectivity index (χ0) is 15.6. The summed E-state index contributed by atoms with van der Waals surface area (Å²) in [5.74, 6) is -0.714. The van der Waals surface area contributed by atoms with Crippen LogP contribution in [0.4, 0.5) is 5.69 Å². The molecule has 116 valence electrons. The predicted octanol–water partition coefficient (Wildman–Crippen LogP) is 2.43. The Bertz CT molecular complexity index is 640. The summed E-state index contributed by atoms with van der Waals surface area (Å²) in [4.78, 5) is 11.1. The van der Waals surface area contributed by atoms with Crippen LogP contribution in [-0.4, -0.2) is 36.9 Å². The quantitative estimate of drug-likeness (QED) is 0.886. The molecule has 0 radical (unpaired) electrons. The number of rotatable bonds is 4. The number of piperidine rings is 1. The van der Waals surface area contributed by atoms with Crippen molar-refractivity contribution >= 4 is 33.5 Å². The van der Waals surface area contributed by atoms with E-state index in [1.165, 1.54) is 22.5 Å². The Morgan fingerprint density at radius 3 is 2.57 bits per heavy atom. The smallest absolute Gasteiger partial charge is 0.337 e. The molecule has 8 heteroatoms. The molecule has 0 aromatic heterocycles. The number of carbonyl (C=O) groups is 1. The molecule has 1 aliphatic rings. The molecular weight excluding hydrogens is 316 g/mol. The molecule has 1 fully saturated rings. The van der Waals surface area contributed by atoms with E-state index in [0.717, 1.165) is 12.8 Å². The van der Waals surface area contributed by atoms with E-state index in [4.69, 9.17) is 16.7 Å². The predicted molar refractivity (Wildman–Crippen MR) is 80.9 cm³/mol. The Morgan fingerprint density at radius 1 is 1.38 bits per heavy atom. The van der Waals surface area contributed by atoms with Crippen LogP contribution in [0.15, 0.2) is 18.2 Å². The van der Waals surface area contributed by atoms with E-state index in [2.05, 4.69) is 11.6 Å². The molecule has 2 rings (SSSR count). The summed E-state index contributed by atoms with van der Waals surface area (Å²) in [7, 11) is -3.77. The third-order valence-corrected chi connectivity index (χ3v) is 5.29. The molecule has 1 saturated heterocycles. The van der Waals surface area contributed by atoms with Crippen LogP contribution >= 0.6 is 11.6 Å². The van der Waals surface area contributed by atoms with Crippen molar-refractivity contribution in [2.45, 2.75) is 19.8 Å². The molecule has 1 aliphatic heterocycles. The molecule has 0 saturated carbocycles. The first kappa shape index (κ1) is 16.1. The fourth-order valence-electron chi connectivity index (χ4n) is 2.22. The second-order valence-electron chi connectivity index (χ2n) is 5.18. The van der Waals surface area contributed by atoms with Gasteiger partial charge in [0, 0.05) is 18.1 Å². The third kappa shape index (κ3) is 3.87. The topological polar surface area (TPSA) is 86.7 Å². The number of aromatic carboxylic acids is 1. The number of nitrogens with one attached hydrogen (secondary N) is 1. The molecule has 1 aromatic rings. The van der Waals surface area contributed by atoms with Gasteiger partial charge in [0.15, 0.2) is 0 Å². The molecule has 6 nitrogen and oxygen atoms in total. The average molecular weight is 333 g/mol. The summed E-state index contributed by atoms with van der Waals surface area (Å²) in [6.45, 7) is 2.94. The summed E-state index contributed by atoms with van der Waals surface area (Å²) in [5, 5.41) is 9.38. The first-order valence-corrected chi connectivity index (χ1v) is 8.42. The number of hydrogen-bond acceptors (Lipinski definition) is 3. The Kier molecular flexibility index (Phi) is 4.75. The first-order valence-electron chi connectivity index (χ1n) is 6.60. The maximum absolute atomic E-state index is 12.3. The summed E-state index contributed by atoms with van der Waals surface area (Å²) < 4.78 is 28.3. The SMILES string of the molecule is CC1CCN(S(=O)(=O)Nc2cc(Cl)ccc2C(=O)O)CC1. The molecule has 0 unspecified atom stereocenters. The summed E-state index contributed by atoms with van der Waals surface area (Å²) in [5.41, 5.74) is -0.151. The maximum atomic E-state index is 12.3. The Hall–Kier alpha value is -1.31. The van der Waals surface area contributed by atoms with Gasteiger partial charge < -0.3 is 5.11 Å². The zero-order valence-corrected chi connectivity index (χ0v) is 13.1. The van der Waals surface area contributed by atoms with Gasteiger partial charge in [-0.1, -0.05) is 18.5 Å². The number of hydrogen-bond donors (Lipinski definition) is 2. The Labute approximate surface area is 128 Å². The van der Waals surface area contributed by atoms with Crippen LogP contribution in [0.25, 0.3) is 0 Å². The molecule has 2 N–H and O–H groups in total. The van der Waals surface area contributed by atoms with Gasteiger partial charge in [0.05, 0.1) is 11.3 Å². The van der Waals surface area contributed by atoms with Gasteiger partial charge in [-0.15, -0.1) is 0 Å². The van der Waals surface area contributed by atoms with E-state index in [0.29, 0.717) is 19.0 Å². The molecule has 0 spiro atoms. The van der Waals surface area contributed by atoms with Crippen LogP contribution in [0.1, 0.15) is 30.1 Å². The molecule has 0 atom stereocenters. The van der Waals surface area contributed by atoms with Gasteiger partial charge in [-0.3, -0.25) is 4.72 Å². The van der Waals surface area contributed by atoms with Crippen LogP contribution in [0.2, 0.25) is 5.02 Å². The largest absolute Gasteiger partial charge is 0.478 e. The van der Waals surface area contributed by atoms with Crippen molar-refractivity contribution in [1.29, 1.82) is 0 Å².